The lowest BCUT2D eigenvalue weighted by Crippen LogP contribution is -2.38. The van der Waals surface area contributed by atoms with Crippen LogP contribution in [0.25, 0.3) is 11.1 Å². The van der Waals surface area contributed by atoms with E-state index >= 15 is 0 Å². The zero-order valence-corrected chi connectivity index (χ0v) is 13.8. The summed E-state index contributed by atoms with van der Waals surface area (Å²) < 4.78 is 46.5. The number of amides is 1. The molecule has 0 saturated carbocycles. The van der Waals surface area contributed by atoms with E-state index in [1.807, 2.05) is 0 Å². The Morgan fingerprint density at radius 3 is 2.64 bits per heavy atom. The molecule has 1 fully saturated rings. The Balaban J connectivity index is 1.74. The van der Waals surface area contributed by atoms with Crippen LogP contribution in [0.2, 0.25) is 0 Å². The van der Waals surface area contributed by atoms with Crippen molar-refractivity contribution in [3.63, 3.8) is 0 Å². The van der Waals surface area contributed by atoms with E-state index in [1.54, 1.807) is 11.9 Å². The smallest absolute Gasteiger partial charge is 0.222 e. The van der Waals surface area contributed by atoms with Crippen LogP contribution < -0.4 is 4.74 Å². The number of rotatable bonds is 4. The Morgan fingerprint density at radius 2 is 1.92 bits per heavy atom. The number of hydrogen-bond acceptors (Lipinski definition) is 2. The molecule has 3 rings (SSSR count). The topological polar surface area (TPSA) is 29.5 Å². The van der Waals surface area contributed by atoms with Crippen LogP contribution in [0, 0.1) is 23.4 Å². The van der Waals surface area contributed by atoms with Gasteiger partial charge in [0, 0.05) is 43.6 Å². The van der Waals surface area contributed by atoms with Crippen LogP contribution in [-0.2, 0) is 4.79 Å². The number of halogens is 3. The van der Waals surface area contributed by atoms with Gasteiger partial charge in [0.2, 0.25) is 5.91 Å². The Labute approximate surface area is 144 Å². The molecular formula is C19H18F3NO2. The first kappa shape index (κ1) is 17.3. The zero-order chi connectivity index (χ0) is 18.0. The second kappa shape index (κ2) is 7.17. The summed E-state index contributed by atoms with van der Waals surface area (Å²) in [6, 6.07) is 7.08. The summed E-state index contributed by atoms with van der Waals surface area (Å²) >= 11 is 0. The number of carbonyl (C=O) groups excluding carboxylic acids is 1. The number of piperidine rings is 1. The normalized spacial score (nSPS) is 17.7. The van der Waals surface area contributed by atoms with Gasteiger partial charge in [-0.3, -0.25) is 4.79 Å². The summed E-state index contributed by atoms with van der Waals surface area (Å²) in [5, 5.41) is 0. The van der Waals surface area contributed by atoms with Crippen molar-refractivity contribution in [2.75, 3.05) is 20.2 Å². The predicted octanol–water partition coefficient (Wildman–Crippen LogP) is 4.02. The molecule has 3 nitrogen and oxygen atoms in total. The first-order chi connectivity index (χ1) is 11.9. The standard InChI is InChI=1S/C19H18F3NO2/c1-23-10-12(2-5-19(23)24)11-25-16-7-13(6-15(21)8-16)17-4-3-14(20)9-18(17)22/h3-4,6-9,12H,2,5,10-11H2,1H3. The summed E-state index contributed by atoms with van der Waals surface area (Å²) in [7, 11) is 1.74. The summed E-state index contributed by atoms with van der Waals surface area (Å²) in [5.74, 6) is -1.47. The lowest BCUT2D eigenvalue weighted by molar-refractivity contribution is -0.133. The molecule has 6 heteroatoms. The highest BCUT2D eigenvalue weighted by molar-refractivity contribution is 5.76. The van der Waals surface area contributed by atoms with Gasteiger partial charge < -0.3 is 9.64 Å². The third kappa shape index (κ3) is 4.13. The average molecular weight is 349 g/mol. The lowest BCUT2D eigenvalue weighted by atomic mass is 9.99. The van der Waals surface area contributed by atoms with Gasteiger partial charge in [-0.1, -0.05) is 0 Å². The number of ether oxygens (including phenoxy) is 1. The second-order valence-corrected chi connectivity index (χ2v) is 6.29. The first-order valence-corrected chi connectivity index (χ1v) is 8.05. The molecule has 1 heterocycles. The molecule has 1 unspecified atom stereocenters. The van der Waals surface area contributed by atoms with E-state index in [4.69, 9.17) is 4.74 Å². The quantitative estimate of drug-likeness (QED) is 0.834. The molecule has 0 bridgehead atoms. The van der Waals surface area contributed by atoms with Crippen molar-refractivity contribution in [2.24, 2.45) is 5.92 Å². The maximum Gasteiger partial charge on any atom is 0.222 e. The Morgan fingerprint density at radius 1 is 1.12 bits per heavy atom. The van der Waals surface area contributed by atoms with Crippen molar-refractivity contribution in [3.05, 3.63) is 53.8 Å². The zero-order valence-electron chi connectivity index (χ0n) is 13.8. The highest BCUT2D eigenvalue weighted by Crippen LogP contribution is 2.29. The van der Waals surface area contributed by atoms with Gasteiger partial charge in [0.25, 0.3) is 0 Å². The fourth-order valence-corrected chi connectivity index (χ4v) is 2.97. The Bertz CT molecular complexity index is 794. The van der Waals surface area contributed by atoms with Crippen molar-refractivity contribution in [1.82, 2.24) is 4.90 Å². The van der Waals surface area contributed by atoms with Gasteiger partial charge in [0.1, 0.15) is 23.2 Å². The molecule has 1 aliphatic rings. The van der Waals surface area contributed by atoms with Crippen molar-refractivity contribution in [2.45, 2.75) is 12.8 Å². The van der Waals surface area contributed by atoms with E-state index in [2.05, 4.69) is 0 Å². The molecule has 0 radical (unpaired) electrons. The number of carbonyl (C=O) groups is 1. The van der Waals surface area contributed by atoms with Crippen LogP contribution in [0.5, 0.6) is 5.75 Å². The molecule has 0 aliphatic carbocycles. The monoisotopic (exact) mass is 349 g/mol. The third-order valence-corrected chi connectivity index (χ3v) is 4.32. The SMILES string of the molecule is CN1CC(COc2cc(F)cc(-c3ccc(F)cc3F)c2)CCC1=O. The van der Waals surface area contributed by atoms with Gasteiger partial charge >= 0.3 is 0 Å². The summed E-state index contributed by atoms with van der Waals surface area (Å²) in [6.45, 7) is 0.931. The third-order valence-electron chi connectivity index (χ3n) is 4.32. The maximum atomic E-state index is 13.9. The average Bonchev–Trinajstić information content (AvgIpc) is 2.55. The molecule has 0 N–H and O–H groups in total. The van der Waals surface area contributed by atoms with Gasteiger partial charge in [-0.15, -0.1) is 0 Å². The summed E-state index contributed by atoms with van der Waals surface area (Å²) in [4.78, 5) is 13.1. The van der Waals surface area contributed by atoms with Crippen LogP contribution in [0.4, 0.5) is 13.2 Å². The molecule has 1 saturated heterocycles. The molecule has 1 atom stereocenters. The highest BCUT2D eigenvalue weighted by Gasteiger charge is 2.23. The van der Waals surface area contributed by atoms with Crippen molar-refractivity contribution in [3.8, 4) is 16.9 Å². The largest absolute Gasteiger partial charge is 0.493 e. The fourth-order valence-electron chi connectivity index (χ4n) is 2.97. The van der Waals surface area contributed by atoms with Crippen LogP contribution in [0.15, 0.2) is 36.4 Å². The summed E-state index contributed by atoms with van der Waals surface area (Å²) in [6.07, 6.45) is 1.19. The van der Waals surface area contributed by atoms with E-state index < -0.39 is 17.5 Å². The van der Waals surface area contributed by atoms with Crippen molar-refractivity contribution in [1.29, 1.82) is 0 Å². The Hall–Kier alpha value is -2.50. The van der Waals surface area contributed by atoms with E-state index in [-0.39, 0.29) is 28.7 Å². The predicted molar refractivity (Wildman–Crippen MR) is 87.6 cm³/mol. The number of nitrogens with zero attached hydrogens (tertiary/aromatic N) is 1. The molecular weight excluding hydrogens is 331 g/mol. The highest BCUT2D eigenvalue weighted by atomic mass is 19.1. The van der Waals surface area contributed by atoms with Crippen LogP contribution >= 0.6 is 0 Å². The number of benzene rings is 2. The van der Waals surface area contributed by atoms with E-state index in [0.717, 1.165) is 18.6 Å². The fraction of sp³-hybridized carbons (Fsp3) is 0.316. The molecule has 1 amide bonds. The number of hydrogen-bond donors (Lipinski definition) is 0. The first-order valence-electron chi connectivity index (χ1n) is 8.05. The van der Waals surface area contributed by atoms with Gasteiger partial charge in [0.15, 0.2) is 0 Å². The molecule has 132 valence electrons. The maximum absolute atomic E-state index is 13.9. The van der Waals surface area contributed by atoms with E-state index in [1.165, 1.54) is 24.3 Å². The molecule has 1 aliphatic heterocycles. The molecule has 25 heavy (non-hydrogen) atoms. The van der Waals surface area contributed by atoms with Crippen molar-refractivity contribution >= 4 is 5.91 Å². The van der Waals surface area contributed by atoms with Gasteiger partial charge in [-0.2, -0.15) is 0 Å². The molecule has 0 aromatic heterocycles. The Kier molecular flexibility index (Phi) is 4.97. The van der Waals surface area contributed by atoms with Gasteiger partial charge in [-0.25, -0.2) is 13.2 Å². The second-order valence-electron chi connectivity index (χ2n) is 6.29. The molecule has 0 spiro atoms. The molecule has 2 aromatic carbocycles. The lowest BCUT2D eigenvalue weighted by Gasteiger charge is -2.29. The molecule has 2 aromatic rings. The van der Waals surface area contributed by atoms with E-state index in [9.17, 15) is 18.0 Å². The minimum absolute atomic E-state index is 0.105. The van der Waals surface area contributed by atoms with Crippen LogP contribution in [0.3, 0.4) is 0 Å². The van der Waals surface area contributed by atoms with Crippen molar-refractivity contribution < 1.29 is 22.7 Å². The van der Waals surface area contributed by atoms with Gasteiger partial charge in [0.05, 0.1) is 6.61 Å². The minimum atomic E-state index is -0.760. The summed E-state index contributed by atoms with van der Waals surface area (Å²) in [5.41, 5.74) is 0.386. The van der Waals surface area contributed by atoms with Crippen LogP contribution in [-0.4, -0.2) is 31.0 Å². The van der Waals surface area contributed by atoms with E-state index in [0.29, 0.717) is 19.6 Å². The minimum Gasteiger partial charge on any atom is -0.493 e. The number of likely N-dealkylation sites (tertiary alicyclic amines) is 1. The van der Waals surface area contributed by atoms with Gasteiger partial charge in [-0.05, 0) is 36.2 Å². The van der Waals surface area contributed by atoms with Crippen LogP contribution in [0.1, 0.15) is 12.8 Å².